The van der Waals surface area contributed by atoms with E-state index in [4.69, 9.17) is 9.47 Å². The molecule has 0 aromatic heterocycles. The lowest BCUT2D eigenvalue weighted by Crippen LogP contribution is -2.47. The van der Waals surface area contributed by atoms with E-state index in [0.717, 1.165) is 24.9 Å². The van der Waals surface area contributed by atoms with Crippen LogP contribution in [0.25, 0.3) is 0 Å². The highest BCUT2D eigenvalue weighted by Gasteiger charge is 2.30. The largest absolute Gasteiger partial charge is 0.509 e. The first-order valence-electron chi connectivity index (χ1n) is 8.58. The average Bonchev–Trinajstić information content (AvgIpc) is 3.02. The highest BCUT2D eigenvalue weighted by Crippen LogP contribution is 2.20. The lowest BCUT2D eigenvalue weighted by atomic mass is 10.1. The van der Waals surface area contributed by atoms with Crippen molar-refractivity contribution >= 4 is 12.2 Å². The number of methoxy groups -OCH3 is 1. The highest BCUT2D eigenvalue weighted by molar-refractivity contribution is 5.67. The Bertz CT molecular complexity index is 552. The molecule has 1 amide bonds. The third-order valence-electron chi connectivity index (χ3n) is 4.08. The van der Waals surface area contributed by atoms with E-state index < -0.39 is 12.2 Å². The second kappa shape index (κ2) is 9.88. The van der Waals surface area contributed by atoms with Crippen molar-refractivity contribution in [2.24, 2.45) is 0 Å². The Hall–Kier alpha value is -2.28. The Morgan fingerprint density at radius 1 is 1.32 bits per heavy atom. The van der Waals surface area contributed by atoms with Crippen molar-refractivity contribution in [3.05, 3.63) is 35.9 Å². The number of hydrogen-bond acceptors (Lipinski definition) is 6. The molecule has 138 valence electrons. The summed E-state index contributed by atoms with van der Waals surface area (Å²) in [5.41, 5.74) is 1.12. The summed E-state index contributed by atoms with van der Waals surface area (Å²) in [6, 6.07) is 9.78. The molecule has 7 heteroatoms. The average molecular weight is 350 g/mol. The maximum atomic E-state index is 11.9. The molecule has 1 aliphatic heterocycles. The molecule has 1 heterocycles. The Balaban J connectivity index is 2.00. The number of nitrogens with one attached hydrogen (secondary N) is 1. The second-order valence-electron chi connectivity index (χ2n) is 5.92. The molecule has 25 heavy (non-hydrogen) atoms. The van der Waals surface area contributed by atoms with Gasteiger partial charge in [-0.05, 0) is 31.7 Å². The molecule has 0 bridgehead atoms. The molecule has 0 saturated carbocycles. The number of alkyl carbamates (subject to hydrolysis) is 1. The topological polar surface area (TPSA) is 77.1 Å². The number of likely N-dealkylation sites (tertiary alicyclic amines) is 1. The Kier molecular flexibility index (Phi) is 7.53. The maximum absolute atomic E-state index is 11.9. The molecule has 1 aliphatic rings. The number of ether oxygens (including phenoxy) is 3. The standard InChI is InChI=1S/C18H26N2O5/c1-3-24-17(21)19-15(12-14-8-5-4-6-9-14)13-20-11-7-10-16(20)25-18(22)23-2/h4-6,8-9,15-16H,3,7,10-13H2,1-2H3,(H,19,21)/t15-,16-/m0/s1. The van der Waals surface area contributed by atoms with Crippen molar-refractivity contribution in [2.45, 2.75) is 38.5 Å². The zero-order chi connectivity index (χ0) is 18.1. The molecule has 2 rings (SSSR count). The van der Waals surface area contributed by atoms with Crippen LogP contribution in [0.15, 0.2) is 30.3 Å². The van der Waals surface area contributed by atoms with Crippen LogP contribution in [0.5, 0.6) is 0 Å². The molecular weight excluding hydrogens is 324 g/mol. The van der Waals surface area contributed by atoms with Gasteiger partial charge in [-0.2, -0.15) is 0 Å². The molecular formula is C18H26N2O5. The fourth-order valence-corrected chi connectivity index (χ4v) is 2.98. The molecule has 1 fully saturated rings. The lowest BCUT2D eigenvalue weighted by Gasteiger charge is -2.28. The van der Waals surface area contributed by atoms with E-state index in [1.165, 1.54) is 7.11 Å². The minimum absolute atomic E-state index is 0.150. The second-order valence-corrected chi connectivity index (χ2v) is 5.92. The van der Waals surface area contributed by atoms with Gasteiger partial charge in [0.2, 0.25) is 0 Å². The van der Waals surface area contributed by atoms with Crippen LogP contribution in [0, 0.1) is 0 Å². The summed E-state index contributed by atoms with van der Waals surface area (Å²) in [6.45, 7) is 3.46. The van der Waals surface area contributed by atoms with Gasteiger partial charge < -0.3 is 19.5 Å². The van der Waals surface area contributed by atoms with E-state index in [9.17, 15) is 9.59 Å². The van der Waals surface area contributed by atoms with E-state index in [0.29, 0.717) is 19.6 Å². The maximum Gasteiger partial charge on any atom is 0.509 e. The molecule has 1 saturated heterocycles. The van der Waals surface area contributed by atoms with Crippen LogP contribution in [-0.4, -0.2) is 56.2 Å². The van der Waals surface area contributed by atoms with Crippen molar-refractivity contribution in [3.8, 4) is 0 Å². The minimum Gasteiger partial charge on any atom is -0.450 e. The predicted molar refractivity (Wildman–Crippen MR) is 92.2 cm³/mol. The molecule has 7 nitrogen and oxygen atoms in total. The number of rotatable bonds is 7. The molecule has 0 unspecified atom stereocenters. The van der Waals surface area contributed by atoms with E-state index in [1.807, 2.05) is 30.3 Å². The number of carbonyl (C=O) groups excluding carboxylic acids is 2. The summed E-state index contributed by atoms with van der Waals surface area (Å²) < 4.78 is 14.9. The fraction of sp³-hybridized carbons (Fsp3) is 0.556. The third kappa shape index (κ3) is 6.26. The normalized spacial score (nSPS) is 18.4. The van der Waals surface area contributed by atoms with E-state index in [1.54, 1.807) is 6.92 Å². The number of hydrogen-bond donors (Lipinski definition) is 1. The van der Waals surface area contributed by atoms with Crippen molar-refractivity contribution in [2.75, 3.05) is 26.8 Å². The number of nitrogens with zero attached hydrogens (tertiary/aromatic N) is 1. The van der Waals surface area contributed by atoms with Gasteiger partial charge in [0.1, 0.15) is 0 Å². The summed E-state index contributed by atoms with van der Waals surface area (Å²) in [5.74, 6) is 0. The Labute approximate surface area is 148 Å². The lowest BCUT2D eigenvalue weighted by molar-refractivity contribution is -0.0245. The van der Waals surface area contributed by atoms with Gasteiger partial charge in [-0.3, -0.25) is 4.90 Å². The molecule has 1 N–H and O–H groups in total. The minimum atomic E-state index is -0.685. The molecule has 0 aliphatic carbocycles. The highest BCUT2D eigenvalue weighted by atomic mass is 16.7. The van der Waals surface area contributed by atoms with Crippen LogP contribution >= 0.6 is 0 Å². The van der Waals surface area contributed by atoms with Gasteiger partial charge in [-0.15, -0.1) is 0 Å². The first kappa shape index (κ1) is 19.1. The van der Waals surface area contributed by atoms with Crippen molar-refractivity contribution < 1.29 is 23.8 Å². The van der Waals surface area contributed by atoms with Crippen molar-refractivity contribution in [3.63, 3.8) is 0 Å². The monoisotopic (exact) mass is 350 g/mol. The van der Waals surface area contributed by atoms with Crippen molar-refractivity contribution in [1.29, 1.82) is 0 Å². The van der Waals surface area contributed by atoms with Gasteiger partial charge in [-0.1, -0.05) is 30.3 Å². The fourth-order valence-electron chi connectivity index (χ4n) is 2.98. The Morgan fingerprint density at radius 2 is 2.08 bits per heavy atom. The number of benzene rings is 1. The Morgan fingerprint density at radius 3 is 2.76 bits per heavy atom. The summed E-state index contributed by atoms with van der Waals surface area (Å²) in [5, 5.41) is 2.91. The van der Waals surface area contributed by atoms with E-state index in [-0.39, 0.29) is 12.3 Å². The van der Waals surface area contributed by atoms with Crippen LogP contribution in [0.1, 0.15) is 25.3 Å². The summed E-state index contributed by atoms with van der Waals surface area (Å²) in [4.78, 5) is 25.3. The molecule has 1 aromatic rings. The van der Waals surface area contributed by atoms with E-state index in [2.05, 4.69) is 15.0 Å². The van der Waals surface area contributed by atoms with Crippen LogP contribution in [0.2, 0.25) is 0 Å². The number of carbonyl (C=O) groups is 2. The summed E-state index contributed by atoms with van der Waals surface area (Å²) in [7, 11) is 1.29. The summed E-state index contributed by atoms with van der Waals surface area (Å²) in [6.07, 6.45) is 0.907. The van der Waals surface area contributed by atoms with Gasteiger partial charge >= 0.3 is 12.2 Å². The van der Waals surface area contributed by atoms with Crippen LogP contribution in [-0.2, 0) is 20.6 Å². The summed E-state index contributed by atoms with van der Waals surface area (Å²) >= 11 is 0. The van der Waals surface area contributed by atoms with Gasteiger partial charge in [0.05, 0.1) is 13.7 Å². The van der Waals surface area contributed by atoms with Gasteiger partial charge in [0, 0.05) is 19.1 Å². The molecule has 0 radical (unpaired) electrons. The van der Waals surface area contributed by atoms with Gasteiger partial charge in [-0.25, -0.2) is 9.59 Å². The van der Waals surface area contributed by atoms with Gasteiger partial charge in [0.25, 0.3) is 0 Å². The first-order chi connectivity index (χ1) is 12.1. The van der Waals surface area contributed by atoms with Gasteiger partial charge in [0.15, 0.2) is 6.23 Å². The zero-order valence-corrected chi connectivity index (χ0v) is 14.8. The molecule has 0 spiro atoms. The third-order valence-corrected chi connectivity index (χ3v) is 4.08. The van der Waals surface area contributed by atoms with Crippen molar-refractivity contribution in [1.82, 2.24) is 10.2 Å². The zero-order valence-electron chi connectivity index (χ0n) is 14.8. The van der Waals surface area contributed by atoms with E-state index >= 15 is 0 Å². The number of amides is 1. The van der Waals surface area contributed by atoms with Crippen LogP contribution in [0.3, 0.4) is 0 Å². The smallest absolute Gasteiger partial charge is 0.450 e. The van der Waals surface area contributed by atoms with Crippen LogP contribution in [0.4, 0.5) is 9.59 Å². The predicted octanol–water partition coefficient (Wildman–Crippen LogP) is 2.55. The quantitative estimate of drug-likeness (QED) is 0.762. The molecule has 2 atom stereocenters. The SMILES string of the molecule is CCOC(=O)N[C@@H](Cc1ccccc1)CN1CCC[C@@H]1OC(=O)OC. The molecule has 1 aromatic carbocycles. The first-order valence-corrected chi connectivity index (χ1v) is 8.58. The van der Waals surface area contributed by atoms with Crippen LogP contribution < -0.4 is 5.32 Å².